The van der Waals surface area contributed by atoms with Gasteiger partial charge < -0.3 is 52.0 Å². The first-order valence-corrected chi connectivity index (χ1v) is 52.2. The summed E-state index contributed by atoms with van der Waals surface area (Å²) in [4.78, 5) is 27.0. The molecule has 8 aliphatic rings. The second kappa shape index (κ2) is 47.7. The maximum absolute atomic E-state index is 13.1. The Balaban J connectivity index is 0.000000156. The van der Waals surface area contributed by atoms with Crippen molar-refractivity contribution in [3.8, 4) is 5.69 Å². The molecule has 0 spiro atoms. The van der Waals surface area contributed by atoms with Gasteiger partial charge in [0.1, 0.15) is 0 Å². The van der Waals surface area contributed by atoms with Crippen LogP contribution in [0.4, 0.5) is 21.9 Å². The van der Waals surface area contributed by atoms with Crippen LogP contribution in [0.1, 0.15) is 336 Å². The number of nitrogens with zero attached hydrogens (tertiary/aromatic N) is 2. The van der Waals surface area contributed by atoms with Crippen molar-refractivity contribution in [1.29, 1.82) is 0 Å². The molecule has 7 aromatic rings. The molecule has 7 aliphatic heterocycles. The first kappa shape index (κ1) is 98.9. The molecule has 682 valence electrons. The van der Waals surface area contributed by atoms with Gasteiger partial charge in [0.25, 0.3) is 0 Å². The number of sulfonamides is 2. The Bertz CT molecular complexity index is 4870. The van der Waals surface area contributed by atoms with Crippen LogP contribution in [0.5, 0.6) is 0 Å². The van der Waals surface area contributed by atoms with E-state index in [0.29, 0.717) is 93.1 Å². The molecule has 1 aliphatic carbocycles. The van der Waals surface area contributed by atoms with Crippen molar-refractivity contribution in [2.45, 2.75) is 286 Å². The fraction of sp³-hybridized carbons (Fsp3) is 0.584. The minimum atomic E-state index is -3.45. The van der Waals surface area contributed by atoms with Crippen molar-refractivity contribution in [3.05, 3.63) is 200 Å². The summed E-state index contributed by atoms with van der Waals surface area (Å²) in [6.45, 7) is 39.2. The van der Waals surface area contributed by atoms with Crippen LogP contribution < -0.4 is 56.9 Å². The minimum absolute atomic E-state index is 0.110. The lowest BCUT2D eigenvalue weighted by Gasteiger charge is -2.29. The van der Waals surface area contributed by atoms with E-state index in [1.807, 2.05) is 29.2 Å². The van der Waals surface area contributed by atoms with E-state index >= 15 is 0 Å². The first-order chi connectivity index (χ1) is 59.3. The molecule has 7 saturated heterocycles. The molecule has 1 saturated carbocycles. The highest BCUT2D eigenvalue weighted by Gasteiger charge is 2.33. The summed E-state index contributed by atoms with van der Waals surface area (Å²) in [5.74, 6) is 5.85. The van der Waals surface area contributed by atoms with Gasteiger partial charge in [-0.15, -0.1) is 0 Å². The Labute approximate surface area is 746 Å². The number of carbonyl (C=O) groups excluding carboxylic acids is 2. The van der Waals surface area contributed by atoms with E-state index in [9.17, 15) is 34.8 Å². The molecule has 1 aromatic heterocycles. The van der Waals surface area contributed by atoms with Crippen molar-refractivity contribution < 1.29 is 34.8 Å². The molecule has 8 fully saturated rings. The number of urea groups is 1. The second-order valence-corrected chi connectivity index (χ2v) is 43.1. The molecule has 15 rings (SSSR count). The summed E-state index contributed by atoms with van der Waals surface area (Å²) in [7, 11) is -8.21. The quantitative estimate of drug-likeness (QED) is 0.0321. The number of hydrogen-bond donors (Lipinski definition) is 10. The highest BCUT2D eigenvalue weighted by atomic mass is 32.2. The molecular weight excluding hydrogens is 1610 g/mol. The Morgan fingerprint density at radius 1 is 0.379 bits per heavy atom. The molecule has 6 aromatic carbocycles. The SMILES string of the molecule is CC(C)c1ccc(C2CCNCC2)c(-n2cccc2)c1.CC(C)c1ccc(C2CCNCC2)c(N2CCCC2=O)c1.CC(C)c1ccc(C2CCNCC2)c(NS(C)(=O)=O)c1.CC(C)c1ccc(C2CCNCC2)c(S(=O)(=O)NC2CCCC2)c1.CC(C)c1ccc(C2CCNCC2)c(S(C)(=O)=O)c1.CNC(=O)Nc1cc(C(C)C)ccc1C1CCNCC1. The van der Waals surface area contributed by atoms with E-state index in [0.717, 1.165) is 213 Å². The number of sulfone groups is 1. The van der Waals surface area contributed by atoms with Crippen LogP contribution in [0.25, 0.3) is 5.69 Å². The third-order valence-corrected chi connectivity index (χ3v) is 29.7. The Hall–Kier alpha value is -7.29. The fourth-order valence-corrected chi connectivity index (χ4v) is 21.9. The maximum atomic E-state index is 13.1. The van der Waals surface area contributed by atoms with Gasteiger partial charge in [-0.2, -0.15) is 0 Å². The fourth-order valence-electron chi connectivity index (χ4n) is 18.7. The summed E-state index contributed by atoms with van der Waals surface area (Å²) < 4.78 is 81.4. The van der Waals surface area contributed by atoms with Crippen molar-refractivity contribution in [2.75, 3.05) is 120 Å². The average Bonchev–Trinajstić information content (AvgIpc) is 0.917. The standard InChI is InChI=1S/C19H30N2O2S.C18H26N2O.C18H24N2.C16H25N3O.C15H24N2O2S.C15H23NO2S/c1-14(2)16-7-8-18(15-9-11-20-12-10-15)19(13-16)24(22,23)21-17-5-3-4-6-17;1-13(2)15-5-6-16(14-7-9-19-10-8-14)17(12-15)20-11-3-4-18(20)21;1-14(2)16-5-6-17(15-7-9-19-10-8-15)18(13-16)20-11-3-4-12-20;1-11(2)13-4-5-14(12-6-8-18-9-7-12)15(10-13)19-16(20)17-3;1-11(2)13-4-5-14(12-6-8-16-9-7-12)15(10-13)17-20(3,18)19;1-11(2)13-4-5-14(12-6-8-16-9-7-12)15(10-13)19(3,17)18/h7-8,13-15,17,20-21H,3-6,9-12H2,1-2H3;5-6,12-14,19H,3-4,7-11H2,1-2H3;3-6,11-15,19H,7-10H2,1-2H3;4-5,10-12,18H,6-9H2,1-3H3,(H2,17,19,20);4-5,10-12,16-17H,6-9H2,1-3H3;4-5,10-12,16H,6-9H2,1-3H3. The summed E-state index contributed by atoms with van der Waals surface area (Å²) in [5, 5.41) is 25.9. The van der Waals surface area contributed by atoms with Crippen LogP contribution in [0.2, 0.25) is 0 Å². The van der Waals surface area contributed by atoms with Crippen LogP contribution in [-0.2, 0) is 34.7 Å². The van der Waals surface area contributed by atoms with Crippen molar-refractivity contribution in [3.63, 3.8) is 0 Å². The lowest BCUT2D eigenvalue weighted by Crippen LogP contribution is -2.34. The minimum Gasteiger partial charge on any atom is -0.341 e. The number of carbonyl (C=O) groups is 2. The van der Waals surface area contributed by atoms with Gasteiger partial charge in [0, 0.05) is 61.8 Å². The van der Waals surface area contributed by atoms with Gasteiger partial charge in [0.05, 0.1) is 21.7 Å². The van der Waals surface area contributed by atoms with Crippen molar-refractivity contribution >= 4 is 58.9 Å². The Kier molecular flexibility index (Phi) is 38.0. The van der Waals surface area contributed by atoms with E-state index in [1.165, 1.54) is 83.0 Å². The normalized spacial score (nSPS) is 18.4. The molecule has 10 N–H and O–H groups in total. The van der Waals surface area contributed by atoms with Gasteiger partial charge in [-0.05, 0) is 361 Å². The zero-order valence-corrected chi connectivity index (χ0v) is 80.0. The monoisotopic (exact) mass is 1760 g/mol. The smallest absolute Gasteiger partial charge is 0.318 e. The highest BCUT2D eigenvalue weighted by Crippen LogP contribution is 2.42. The van der Waals surface area contributed by atoms with Gasteiger partial charge in [-0.3, -0.25) is 9.52 Å². The number of rotatable bonds is 21. The Morgan fingerprint density at radius 3 is 1.06 bits per heavy atom. The van der Waals surface area contributed by atoms with Crippen molar-refractivity contribution in [2.24, 2.45) is 0 Å². The third-order valence-electron chi connectivity index (χ3n) is 26.4. The molecule has 8 heterocycles. The summed E-state index contributed by atoms with van der Waals surface area (Å²) in [6, 6.07) is 42.8. The van der Waals surface area contributed by atoms with E-state index in [-0.39, 0.29) is 12.1 Å². The second-order valence-electron chi connectivity index (χ2n) is 37.7. The molecule has 23 heteroatoms. The maximum Gasteiger partial charge on any atom is 0.318 e. The summed E-state index contributed by atoms with van der Waals surface area (Å²) in [5.41, 5.74) is 18.9. The number of benzene rings is 6. The number of piperidine rings is 6. The molecule has 0 radical (unpaired) electrons. The number of anilines is 3. The van der Waals surface area contributed by atoms with Crippen LogP contribution in [0, 0.1) is 0 Å². The van der Waals surface area contributed by atoms with Gasteiger partial charge in [-0.1, -0.05) is 169 Å². The van der Waals surface area contributed by atoms with E-state index in [2.05, 4.69) is 249 Å². The number of hydrogen-bond acceptors (Lipinski definition) is 14. The van der Waals surface area contributed by atoms with Gasteiger partial charge in [0.15, 0.2) is 9.84 Å². The van der Waals surface area contributed by atoms with Crippen LogP contribution in [-0.4, -0.2) is 152 Å². The number of amides is 3. The molecule has 124 heavy (non-hydrogen) atoms. The molecule has 0 bridgehead atoms. The van der Waals surface area contributed by atoms with E-state index < -0.39 is 29.9 Å². The number of nitrogens with one attached hydrogen (secondary N) is 10. The number of aromatic nitrogens is 1. The topological polar surface area (TPSA) is 265 Å². The van der Waals surface area contributed by atoms with Gasteiger partial charge >= 0.3 is 6.03 Å². The van der Waals surface area contributed by atoms with Crippen LogP contribution >= 0.6 is 0 Å². The molecule has 3 amide bonds. The van der Waals surface area contributed by atoms with Gasteiger partial charge in [-0.25, -0.2) is 34.8 Å². The molecule has 0 atom stereocenters. The Morgan fingerprint density at radius 2 is 0.694 bits per heavy atom. The molecule has 0 unspecified atom stereocenters. The molecule has 20 nitrogen and oxygen atoms in total. The van der Waals surface area contributed by atoms with Crippen molar-refractivity contribution in [1.82, 2.24) is 46.5 Å². The van der Waals surface area contributed by atoms with Gasteiger partial charge in [0.2, 0.25) is 26.0 Å². The predicted octanol–water partition coefficient (Wildman–Crippen LogP) is 19.3. The largest absolute Gasteiger partial charge is 0.341 e. The van der Waals surface area contributed by atoms with Crippen LogP contribution in [0.15, 0.2) is 144 Å². The first-order valence-electron chi connectivity index (χ1n) is 47.0. The predicted molar refractivity (Wildman–Crippen MR) is 515 cm³/mol. The molecular formula is C101H152N12O8S3. The lowest BCUT2D eigenvalue weighted by atomic mass is 9.87. The zero-order valence-electron chi connectivity index (χ0n) is 77.5. The van der Waals surface area contributed by atoms with E-state index in [4.69, 9.17) is 0 Å². The highest BCUT2D eigenvalue weighted by molar-refractivity contribution is 7.92. The average molecular weight is 1760 g/mol. The van der Waals surface area contributed by atoms with Crippen LogP contribution in [0.3, 0.4) is 0 Å². The third kappa shape index (κ3) is 28.9. The van der Waals surface area contributed by atoms with E-state index in [1.54, 1.807) is 7.05 Å². The zero-order chi connectivity index (χ0) is 89.3. The summed E-state index contributed by atoms with van der Waals surface area (Å²) >= 11 is 0. The lowest BCUT2D eigenvalue weighted by molar-refractivity contribution is -0.117. The summed E-state index contributed by atoms with van der Waals surface area (Å²) in [6.07, 6.45) is 26.0.